The molecule has 0 aromatic heterocycles. The number of imide groups is 1. The van der Waals surface area contributed by atoms with Crippen molar-refractivity contribution >= 4 is 23.5 Å². The zero-order chi connectivity index (χ0) is 15.4. The van der Waals surface area contributed by atoms with Crippen molar-refractivity contribution in [3.8, 4) is 0 Å². The largest absolute Gasteiger partial charge is 0.465 e. The van der Waals surface area contributed by atoms with E-state index in [0.717, 1.165) is 6.42 Å². The Balaban J connectivity index is 1.71. The van der Waals surface area contributed by atoms with Crippen LogP contribution in [0.2, 0.25) is 0 Å². The Morgan fingerprint density at radius 2 is 1.77 bits per heavy atom. The Labute approximate surface area is 127 Å². The van der Waals surface area contributed by atoms with Gasteiger partial charge in [-0.05, 0) is 36.5 Å². The van der Waals surface area contributed by atoms with Crippen molar-refractivity contribution in [2.45, 2.75) is 6.42 Å². The van der Waals surface area contributed by atoms with E-state index in [9.17, 15) is 14.4 Å². The fraction of sp³-hybridized carbons (Fsp3) is 0.353. The highest BCUT2D eigenvalue weighted by Crippen LogP contribution is 2.53. The lowest BCUT2D eigenvalue weighted by Crippen LogP contribution is -2.33. The second-order valence-electron chi connectivity index (χ2n) is 6.05. The van der Waals surface area contributed by atoms with Gasteiger partial charge in [0, 0.05) is 0 Å². The van der Waals surface area contributed by atoms with Crippen LogP contribution in [0.15, 0.2) is 36.4 Å². The van der Waals surface area contributed by atoms with E-state index in [4.69, 9.17) is 0 Å². The van der Waals surface area contributed by atoms with Crippen molar-refractivity contribution in [1.29, 1.82) is 0 Å². The molecule has 4 rings (SSSR count). The van der Waals surface area contributed by atoms with Gasteiger partial charge in [-0.1, -0.05) is 18.2 Å². The first kappa shape index (κ1) is 13.2. The molecule has 112 valence electrons. The van der Waals surface area contributed by atoms with Crippen molar-refractivity contribution in [2.24, 2.45) is 23.7 Å². The zero-order valence-electron chi connectivity index (χ0n) is 12.1. The summed E-state index contributed by atoms with van der Waals surface area (Å²) in [6, 6.07) is 6.48. The Morgan fingerprint density at radius 3 is 2.36 bits per heavy atom. The number of methoxy groups -OCH3 is 1. The first-order chi connectivity index (χ1) is 10.6. The molecule has 0 unspecified atom stereocenters. The molecular formula is C17H15NO4. The molecule has 3 aliphatic rings. The molecule has 22 heavy (non-hydrogen) atoms. The summed E-state index contributed by atoms with van der Waals surface area (Å²) in [6.07, 6.45) is 5.03. The molecule has 0 N–H and O–H groups in total. The summed E-state index contributed by atoms with van der Waals surface area (Å²) in [5.41, 5.74) is 0.783. The number of hydrogen-bond donors (Lipinski definition) is 0. The van der Waals surface area contributed by atoms with Crippen molar-refractivity contribution in [2.75, 3.05) is 12.0 Å². The fourth-order valence-electron chi connectivity index (χ4n) is 4.05. The molecule has 4 atom stereocenters. The van der Waals surface area contributed by atoms with Crippen LogP contribution in [0.25, 0.3) is 0 Å². The van der Waals surface area contributed by atoms with Gasteiger partial charge in [0.25, 0.3) is 0 Å². The van der Waals surface area contributed by atoms with E-state index >= 15 is 0 Å². The number of carbonyl (C=O) groups is 3. The topological polar surface area (TPSA) is 63.7 Å². The molecule has 1 aromatic carbocycles. The first-order valence-electron chi connectivity index (χ1n) is 7.36. The molecule has 1 aromatic rings. The SMILES string of the molecule is COC(=O)c1cccc(N2C(=O)[C@@H]3[C@H](C2=O)[C@@H]2C=C[C@@H]3C2)c1. The molecule has 2 bridgehead atoms. The third kappa shape index (κ3) is 1.62. The molecule has 5 nitrogen and oxygen atoms in total. The first-order valence-corrected chi connectivity index (χ1v) is 7.36. The minimum Gasteiger partial charge on any atom is -0.465 e. The zero-order valence-corrected chi connectivity index (χ0v) is 12.1. The fourth-order valence-corrected chi connectivity index (χ4v) is 4.05. The van der Waals surface area contributed by atoms with Gasteiger partial charge in [0.2, 0.25) is 11.8 Å². The number of allylic oxidation sites excluding steroid dienone is 2. The van der Waals surface area contributed by atoms with Crippen LogP contribution in [0, 0.1) is 23.7 Å². The molecule has 2 amide bonds. The van der Waals surface area contributed by atoms with E-state index in [2.05, 4.69) is 16.9 Å². The summed E-state index contributed by atoms with van der Waals surface area (Å²) in [4.78, 5) is 38.3. The number of anilines is 1. The van der Waals surface area contributed by atoms with E-state index in [0.29, 0.717) is 11.3 Å². The predicted octanol–water partition coefficient (Wildman–Crippen LogP) is 1.78. The van der Waals surface area contributed by atoms with E-state index in [1.807, 2.05) is 0 Å². The number of fused-ring (bicyclic) bond motifs is 5. The van der Waals surface area contributed by atoms with Crippen LogP contribution < -0.4 is 4.90 Å². The van der Waals surface area contributed by atoms with Crippen molar-refractivity contribution < 1.29 is 19.1 Å². The Hall–Kier alpha value is -2.43. The minimum absolute atomic E-state index is 0.145. The van der Waals surface area contributed by atoms with Gasteiger partial charge in [-0.3, -0.25) is 9.59 Å². The lowest BCUT2D eigenvalue weighted by atomic mass is 9.85. The lowest BCUT2D eigenvalue weighted by molar-refractivity contribution is -0.123. The normalized spacial score (nSPS) is 31.8. The second-order valence-corrected chi connectivity index (χ2v) is 6.05. The quantitative estimate of drug-likeness (QED) is 0.474. The average molecular weight is 297 g/mol. The Morgan fingerprint density at radius 1 is 1.14 bits per heavy atom. The monoisotopic (exact) mass is 297 g/mol. The van der Waals surface area contributed by atoms with Crippen LogP contribution >= 0.6 is 0 Å². The molecule has 2 aliphatic carbocycles. The van der Waals surface area contributed by atoms with Gasteiger partial charge in [-0.2, -0.15) is 0 Å². The van der Waals surface area contributed by atoms with Gasteiger partial charge in [0.1, 0.15) is 0 Å². The van der Waals surface area contributed by atoms with Crippen LogP contribution in [-0.4, -0.2) is 24.9 Å². The van der Waals surface area contributed by atoms with Gasteiger partial charge in [0.15, 0.2) is 0 Å². The average Bonchev–Trinajstić information content (AvgIpc) is 3.21. The van der Waals surface area contributed by atoms with Gasteiger partial charge in [-0.15, -0.1) is 0 Å². The summed E-state index contributed by atoms with van der Waals surface area (Å²) in [5, 5.41) is 0. The van der Waals surface area contributed by atoms with Crippen LogP contribution in [0.4, 0.5) is 5.69 Å². The molecule has 2 fully saturated rings. The summed E-state index contributed by atoms with van der Waals surface area (Å²) in [7, 11) is 1.30. The summed E-state index contributed by atoms with van der Waals surface area (Å²) in [6.45, 7) is 0. The van der Waals surface area contributed by atoms with Crippen LogP contribution in [0.5, 0.6) is 0 Å². The third-order valence-electron chi connectivity index (χ3n) is 5.00. The van der Waals surface area contributed by atoms with Gasteiger partial charge < -0.3 is 4.74 Å². The Bertz CT molecular complexity index is 693. The summed E-state index contributed by atoms with van der Waals surface area (Å²) >= 11 is 0. The van der Waals surface area contributed by atoms with Crippen molar-refractivity contribution in [3.05, 3.63) is 42.0 Å². The lowest BCUT2D eigenvalue weighted by Gasteiger charge is -2.17. The highest BCUT2D eigenvalue weighted by Gasteiger charge is 2.59. The number of benzene rings is 1. The molecule has 1 aliphatic heterocycles. The predicted molar refractivity (Wildman–Crippen MR) is 78.0 cm³/mol. The number of amides is 2. The second kappa shape index (κ2) is 4.53. The maximum Gasteiger partial charge on any atom is 0.337 e. The molecule has 1 saturated heterocycles. The highest BCUT2D eigenvalue weighted by atomic mass is 16.5. The highest BCUT2D eigenvalue weighted by molar-refractivity contribution is 6.23. The van der Waals surface area contributed by atoms with E-state index < -0.39 is 5.97 Å². The van der Waals surface area contributed by atoms with Gasteiger partial charge in [-0.25, -0.2) is 9.69 Å². The van der Waals surface area contributed by atoms with Crippen LogP contribution in [0.3, 0.4) is 0 Å². The smallest absolute Gasteiger partial charge is 0.337 e. The molecule has 0 spiro atoms. The maximum absolute atomic E-state index is 12.7. The standard InChI is InChI=1S/C17H15NO4/c1-22-17(21)11-3-2-4-12(8-11)18-15(19)13-9-5-6-10(7-9)14(13)16(18)20/h2-6,8-10,13-14H,7H2,1H3/t9-,10-,13-,14+/m1/s1. The van der Waals surface area contributed by atoms with Crippen LogP contribution in [0.1, 0.15) is 16.8 Å². The maximum atomic E-state index is 12.7. The number of hydrogen-bond acceptors (Lipinski definition) is 4. The minimum atomic E-state index is -0.483. The number of esters is 1. The van der Waals surface area contributed by atoms with Gasteiger partial charge in [0.05, 0.1) is 30.2 Å². The summed E-state index contributed by atoms with van der Waals surface area (Å²) < 4.78 is 4.69. The number of nitrogens with zero attached hydrogens (tertiary/aromatic N) is 1. The third-order valence-corrected chi connectivity index (χ3v) is 5.00. The number of ether oxygens (including phenoxy) is 1. The molecule has 5 heteroatoms. The van der Waals surface area contributed by atoms with Crippen molar-refractivity contribution in [3.63, 3.8) is 0 Å². The van der Waals surface area contributed by atoms with Crippen molar-refractivity contribution in [1.82, 2.24) is 0 Å². The molecule has 1 saturated carbocycles. The summed E-state index contributed by atoms with van der Waals surface area (Å²) in [5.74, 6) is -0.875. The van der Waals surface area contributed by atoms with E-state index in [-0.39, 0.29) is 35.5 Å². The Kier molecular flexibility index (Phi) is 2.73. The molecular weight excluding hydrogens is 282 g/mol. The number of rotatable bonds is 2. The van der Waals surface area contributed by atoms with Crippen LogP contribution in [-0.2, 0) is 14.3 Å². The molecule has 0 radical (unpaired) electrons. The van der Waals surface area contributed by atoms with Gasteiger partial charge >= 0.3 is 5.97 Å². The number of carbonyl (C=O) groups excluding carboxylic acids is 3. The molecule has 1 heterocycles. The van der Waals surface area contributed by atoms with E-state index in [1.165, 1.54) is 18.1 Å². The van der Waals surface area contributed by atoms with E-state index in [1.54, 1.807) is 18.2 Å².